The summed E-state index contributed by atoms with van der Waals surface area (Å²) in [7, 11) is 1.77. The number of rotatable bonds is 4. The van der Waals surface area contributed by atoms with E-state index in [9.17, 15) is 4.79 Å². The highest BCUT2D eigenvalue weighted by molar-refractivity contribution is 7.12. The first-order valence-corrected chi connectivity index (χ1v) is 5.82. The summed E-state index contributed by atoms with van der Waals surface area (Å²) < 4.78 is 5.02. The van der Waals surface area contributed by atoms with E-state index >= 15 is 0 Å². The Balaban J connectivity index is 2.91. The summed E-state index contributed by atoms with van der Waals surface area (Å²) in [5.41, 5.74) is 1.03. The molecule has 15 heavy (non-hydrogen) atoms. The minimum absolute atomic E-state index is 0.207. The minimum atomic E-state index is -0.338. The van der Waals surface area contributed by atoms with E-state index in [1.807, 2.05) is 26.8 Å². The summed E-state index contributed by atoms with van der Waals surface area (Å²) in [5, 5.41) is 2.99. The van der Waals surface area contributed by atoms with Gasteiger partial charge in [-0.2, -0.15) is 0 Å². The largest absolute Gasteiger partial charge is 0.465 e. The molecule has 3 nitrogen and oxygen atoms in total. The Bertz CT molecular complexity index is 346. The van der Waals surface area contributed by atoms with Crippen molar-refractivity contribution in [1.82, 2.24) is 5.32 Å². The molecule has 0 saturated heterocycles. The van der Waals surface area contributed by atoms with Crippen LogP contribution < -0.4 is 5.32 Å². The van der Waals surface area contributed by atoms with Gasteiger partial charge in [0.1, 0.15) is 6.04 Å². The molecule has 0 fully saturated rings. The second-order valence-electron chi connectivity index (χ2n) is 3.34. The number of aryl methyl sites for hydroxylation is 2. The first kappa shape index (κ1) is 12.2. The molecule has 1 heterocycles. The number of thiophene rings is 1. The maximum absolute atomic E-state index is 11.7. The van der Waals surface area contributed by atoms with Crippen LogP contribution in [0, 0.1) is 13.8 Å². The van der Waals surface area contributed by atoms with Gasteiger partial charge < -0.3 is 10.1 Å². The third-order valence-corrected chi connectivity index (χ3v) is 3.18. The van der Waals surface area contributed by atoms with E-state index in [1.54, 1.807) is 18.4 Å². The quantitative estimate of drug-likeness (QED) is 0.801. The van der Waals surface area contributed by atoms with Crippen molar-refractivity contribution in [2.75, 3.05) is 13.7 Å². The van der Waals surface area contributed by atoms with Gasteiger partial charge in [0.15, 0.2) is 0 Å². The average Bonchev–Trinajstić information content (AvgIpc) is 2.47. The lowest BCUT2D eigenvalue weighted by molar-refractivity contribution is -0.145. The van der Waals surface area contributed by atoms with Gasteiger partial charge in [-0.15, -0.1) is 11.3 Å². The molecule has 0 aliphatic carbocycles. The summed E-state index contributed by atoms with van der Waals surface area (Å²) >= 11 is 1.70. The zero-order valence-electron chi connectivity index (χ0n) is 9.59. The third-order valence-electron chi connectivity index (χ3n) is 2.20. The second-order valence-corrected chi connectivity index (χ2v) is 4.80. The summed E-state index contributed by atoms with van der Waals surface area (Å²) in [4.78, 5) is 14.0. The average molecular weight is 227 g/mol. The van der Waals surface area contributed by atoms with Crippen LogP contribution in [0.25, 0.3) is 0 Å². The lowest BCUT2D eigenvalue weighted by Gasteiger charge is -2.14. The molecule has 0 aromatic carbocycles. The molecule has 1 N–H and O–H groups in total. The molecule has 1 atom stereocenters. The zero-order chi connectivity index (χ0) is 11.4. The Kier molecular flexibility index (Phi) is 4.29. The summed E-state index contributed by atoms with van der Waals surface area (Å²) in [6, 6.07) is 1.70. The van der Waals surface area contributed by atoms with E-state index in [0.29, 0.717) is 6.61 Å². The Hall–Kier alpha value is -0.870. The Morgan fingerprint density at radius 1 is 1.60 bits per heavy atom. The molecule has 0 saturated carbocycles. The maximum Gasteiger partial charge on any atom is 0.327 e. The first-order chi connectivity index (χ1) is 7.10. The van der Waals surface area contributed by atoms with Crippen molar-refractivity contribution >= 4 is 17.3 Å². The van der Waals surface area contributed by atoms with Crippen LogP contribution in [0.5, 0.6) is 0 Å². The van der Waals surface area contributed by atoms with Crippen molar-refractivity contribution in [3.63, 3.8) is 0 Å². The van der Waals surface area contributed by atoms with Crippen molar-refractivity contribution in [3.05, 3.63) is 21.4 Å². The van der Waals surface area contributed by atoms with E-state index < -0.39 is 0 Å². The highest BCUT2D eigenvalue weighted by Gasteiger charge is 2.22. The molecule has 84 valence electrons. The van der Waals surface area contributed by atoms with Crippen molar-refractivity contribution in [3.8, 4) is 0 Å². The summed E-state index contributed by atoms with van der Waals surface area (Å²) in [5.74, 6) is -0.207. The van der Waals surface area contributed by atoms with Gasteiger partial charge in [-0.1, -0.05) is 0 Å². The van der Waals surface area contributed by atoms with Crippen molar-refractivity contribution < 1.29 is 9.53 Å². The Morgan fingerprint density at radius 3 is 2.67 bits per heavy atom. The molecule has 0 aliphatic heterocycles. The molecule has 1 unspecified atom stereocenters. The normalized spacial score (nSPS) is 12.5. The monoisotopic (exact) mass is 227 g/mol. The number of esters is 1. The molecule has 1 aromatic rings. The SMILES string of the molecule is CCOC(=O)C(NC)c1cc(C)sc1C. The van der Waals surface area contributed by atoms with Crippen LogP contribution in [0.2, 0.25) is 0 Å². The Morgan fingerprint density at radius 2 is 2.27 bits per heavy atom. The van der Waals surface area contributed by atoms with Gasteiger partial charge in [0.05, 0.1) is 6.61 Å². The lowest BCUT2D eigenvalue weighted by Crippen LogP contribution is -2.27. The van der Waals surface area contributed by atoms with Crippen LogP contribution in [0.4, 0.5) is 0 Å². The van der Waals surface area contributed by atoms with Crippen molar-refractivity contribution in [2.24, 2.45) is 0 Å². The van der Waals surface area contributed by atoms with Crippen LogP contribution in [-0.2, 0) is 9.53 Å². The number of nitrogens with one attached hydrogen (secondary N) is 1. The van der Waals surface area contributed by atoms with Gasteiger partial charge in [0.2, 0.25) is 0 Å². The molecule has 4 heteroatoms. The van der Waals surface area contributed by atoms with E-state index in [1.165, 1.54) is 9.75 Å². The number of ether oxygens (including phenoxy) is 1. The predicted octanol–water partition coefficient (Wildman–Crippen LogP) is 2.19. The van der Waals surface area contributed by atoms with Crippen LogP contribution in [-0.4, -0.2) is 19.6 Å². The number of likely N-dealkylation sites (N-methyl/N-ethyl adjacent to an activating group) is 1. The fourth-order valence-electron chi connectivity index (χ4n) is 1.56. The second kappa shape index (κ2) is 5.28. The van der Waals surface area contributed by atoms with Crippen molar-refractivity contribution in [1.29, 1.82) is 0 Å². The fraction of sp³-hybridized carbons (Fsp3) is 0.545. The molecular formula is C11H17NO2S. The summed E-state index contributed by atoms with van der Waals surface area (Å²) in [6.45, 7) is 6.30. The van der Waals surface area contributed by atoms with Gasteiger partial charge in [-0.3, -0.25) is 0 Å². The van der Waals surface area contributed by atoms with Crippen LogP contribution in [0.3, 0.4) is 0 Å². The van der Waals surface area contributed by atoms with Crippen molar-refractivity contribution in [2.45, 2.75) is 26.8 Å². The Labute approximate surface area is 94.5 Å². The van der Waals surface area contributed by atoms with E-state index in [-0.39, 0.29) is 12.0 Å². The molecule has 0 bridgehead atoms. The third kappa shape index (κ3) is 2.79. The van der Waals surface area contributed by atoms with Gasteiger partial charge in [-0.05, 0) is 39.4 Å². The lowest BCUT2D eigenvalue weighted by atomic mass is 10.1. The minimum Gasteiger partial charge on any atom is -0.465 e. The molecule has 1 aromatic heterocycles. The number of hydrogen-bond acceptors (Lipinski definition) is 4. The molecular weight excluding hydrogens is 210 g/mol. The van der Waals surface area contributed by atoms with Crippen LogP contribution in [0.15, 0.2) is 6.07 Å². The maximum atomic E-state index is 11.7. The molecule has 0 aliphatic rings. The fourth-order valence-corrected chi connectivity index (χ4v) is 2.53. The van der Waals surface area contributed by atoms with E-state index in [4.69, 9.17) is 4.74 Å². The van der Waals surface area contributed by atoms with Gasteiger partial charge >= 0.3 is 5.97 Å². The number of carbonyl (C=O) groups is 1. The zero-order valence-corrected chi connectivity index (χ0v) is 10.4. The first-order valence-electron chi connectivity index (χ1n) is 5.01. The van der Waals surface area contributed by atoms with Crippen LogP contribution in [0.1, 0.15) is 28.3 Å². The molecule has 0 amide bonds. The van der Waals surface area contributed by atoms with Crippen LogP contribution >= 0.6 is 11.3 Å². The molecule has 1 rings (SSSR count). The smallest absolute Gasteiger partial charge is 0.327 e. The highest BCUT2D eigenvalue weighted by atomic mass is 32.1. The topological polar surface area (TPSA) is 38.3 Å². The summed E-state index contributed by atoms with van der Waals surface area (Å²) in [6.07, 6.45) is 0. The highest BCUT2D eigenvalue weighted by Crippen LogP contribution is 2.26. The van der Waals surface area contributed by atoms with E-state index in [0.717, 1.165) is 5.56 Å². The van der Waals surface area contributed by atoms with E-state index in [2.05, 4.69) is 5.32 Å². The van der Waals surface area contributed by atoms with Gasteiger partial charge in [0.25, 0.3) is 0 Å². The number of carbonyl (C=O) groups excluding carboxylic acids is 1. The number of hydrogen-bond donors (Lipinski definition) is 1. The van der Waals surface area contributed by atoms with Gasteiger partial charge in [0, 0.05) is 9.75 Å². The standard InChI is InChI=1S/C11H17NO2S/c1-5-14-11(13)10(12-4)9-6-7(2)15-8(9)3/h6,10,12H,5H2,1-4H3. The molecule has 0 spiro atoms. The molecule has 0 radical (unpaired) electrons. The van der Waals surface area contributed by atoms with Gasteiger partial charge in [-0.25, -0.2) is 4.79 Å². The predicted molar refractivity (Wildman–Crippen MR) is 62.2 cm³/mol.